The molecule has 0 bridgehead atoms. The van der Waals surface area contributed by atoms with Crippen LogP contribution < -0.4 is 15.5 Å². The molecule has 188 valence electrons. The van der Waals surface area contributed by atoms with Gasteiger partial charge in [0.15, 0.2) is 0 Å². The van der Waals surface area contributed by atoms with E-state index in [0.717, 1.165) is 17.0 Å². The first-order valence-corrected chi connectivity index (χ1v) is 11.6. The van der Waals surface area contributed by atoms with Crippen molar-refractivity contribution in [3.05, 3.63) is 100 Å². The summed E-state index contributed by atoms with van der Waals surface area (Å²) in [7, 11) is 0. The Bertz CT molecular complexity index is 1420. The molecule has 1 aliphatic heterocycles. The minimum absolute atomic E-state index is 0.140. The molecule has 2 N–H and O–H groups in total. The van der Waals surface area contributed by atoms with E-state index < -0.39 is 29.5 Å². The van der Waals surface area contributed by atoms with Crippen LogP contribution in [-0.2, 0) is 14.3 Å². The van der Waals surface area contributed by atoms with Crippen LogP contribution in [0.4, 0.5) is 21.5 Å². The number of benzene rings is 3. The first-order valence-electron chi connectivity index (χ1n) is 11.2. The van der Waals surface area contributed by atoms with E-state index in [9.17, 15) is 23.6 Å². The number of hydrogen-bond acceptors (Lipinski definition) is 6. The van der Waals surface area contributed by atoms with E-state index in [2.05, 4.69) is 10.6 Å². The Hall–Kier alpha value is -4.50. The minimum Gasteiger partial charge on any atom is -0.459 e. The fourth-order valence-electron chi connectivity index (χ4n) is 3.49. The zero-order valence-corrected chi connectivity index (χ0v) is 20.5. The number of nitrogens with one attached hydrogen (secondary N) is 2. The van der Waals surface area contributed by atoms with E-state index >= 15 is 0 Å². The lowest BCUT2D eigenvalue weighted by atomic mass is 10.1. The molecule has 4 rings (SSSR count). The zero-order chi connectivity index (χ0) is 26.7. The number of anilines is 3. The molecule has 37 heavy (non-hydrogen) atoms. The molecule has 0 aliphatic carbocycles. The van der Waals surface area contributed by atoms with Crippen LogP contribution in [0.3, 0.4) is 0 Å². The molecule has 1 heterocycles. The van der Waals surface area contributed by atoms with Crippen molar-refractivity contribution in [2.24, 2.45) is 0 Å². The second kappa shape index (κ2) is 10.6. The van der Waals surface area contributed by atoms with Gasteiger partial charge in [-0.15, -0.1) is 0 Å². The molecular formula is C27H21ClFN3O5. The molecule has 0 spiro atoms. The Morgan fingerprint density at radius 2 is 1.57 bits per heavy atom. The molecule has 3 amide bonds. The Balaban J connectivity index is 1.44. The molecule has 0 atom stereocenters. The topological polar surface area (TPSA) is 105 Å². The summed E-state index contributed by atoms with van der Waals surface area (Å²) in [6.07, 6.45) is -0.271. The Labute approximate surface area is 216 Å². The highest BCUT2D eigenvalue weighted by molar-refractivity contribution is 6.53. The van der Waals surface area contributed by atoms with Crippen LogP contribution in [-0.4, -0.2) is 29.8 Å². The second-order valence-corrected chi connectivity index (χ2v) is 8.68. The average Bonchev–Trinajstić information content (AvgIpc) is 3.08. The second-order valence-electron chi connectivity index (χ2n) is 8.30. The van der Waals surface area contributed by atoms with Crippen molar-refractivity contribution in [2.45, 2.75) is 20.0 Å². The van der Waals surface area contributed by atoms with Crippen LogP contribution in [0.15, 0.2) is 83.5 Å². The quantitative estimate of drug-likeness (QED) is 0.332. The Morgan fingerprint density at radius 1 is 0.892 bits per heavy atom. The first kappa shape index (κ1) is 25.6. The summed E-state index contributed by atoms with van der Waals surface area (Å²) in [6, 6.07) is 17.4. The molecule has 1 aliphatic rings. The molecular weight excluding hydrogens is 501 g/mol. The SMILES string of the molecule is CC(C)OC(=O)c1cccc(NC(=O)c2ccc(NC3=C(Cl)C(=O)N(c4ccc(F)cc4)C3=O)cc2)c1. The Kier molecular flexibility index (Phi) is 7.35. The normalized spacial score (nSPS) is 13.3. The predicted molar refractivity (Wildman–Crippen MR) is 137 cm³/mol. The molecule has 8 nitrogen and oxygen atoms in total. The molecule has 0 saturated heterocycles. The van der Waals surface area contributed by atoms with Gasteiger partial charge in [-0.3, -0.25) is 14.4 Å². The zero-order valence-electron chi connectivity index (χ0n) is 19.7. The third kappa shape index (κ3) is 5.68. The van der Waals surface area contributed by atoms with Gasteiger partial charge in [0, 0.05) is 16.9 Å². The first-order chi connectivity index (χ1) is 17.6. The molecule has 10 heteroatoms. The van der Waals surface area contributed by atoms with E-state index in [1.165, 1.54) is 30.3 Å². The monoisotopic (exact) mass is 521 g/mol. The van der Waals surface area contributed by atoms with E-state index in [1.807, 2.05) is 0 Å². The number of imide groups is 1. The molecule has 0 saturated carbocycles. The predicted octanol–water partition coefficient (Wildman–Crippen LogP) is 5.08. The number of nitrogens with zero attached hydrogens (tertiary/aromatic N) is 1. The van der Waals surface area contributed by atoms with Crippen LogP contribution in [0.5, 0.6) is 0 Å². The maximum Gasteiger partial charge on any atom is 0.338 e. The van der Waals surface area contributed by atoms with E-state index in [0.29, 0.717) is 22.5 Å². The van der Waals surface area contributed by atoms with Gasteiger partial charge in [-0.1, -0.05) is 17.7 Å². The van der Waals surface area contributed by atoms with Gasteiger partial charge in [0.25, 0.3) is 17.7 Å². The summed E-state index contributed by atoms with van der Waals surface area (Å²) in [5.74, 6) is -2.86. The number of ether oxygens (including phenoxy) is 1. The third-order valence-corrected chi connectivity index (χ3v) is 5.58. The fourth-order valence-corrected chi connectivity index (χ4v) is 3.71. The van der Waals surface area contributed by atoms with Crippen molar-refractivity contribution in [1.29, 1.82) is 0 Å². The van der Waals surface area contributed by atoms with E-state index in [-0.39, 0.29) is 22.5 Å². The van der Waals surface area contributed by atoms with Crippen LogP contribution in [0.2, 0.25) is 0 Å². The number of esters is 1. The number of halogens is 2. The maximum atomic E-state index is 13.2. The van der Waals surface area contributed by atoms with Gasteiger partial charge in [-0.2, -0.15) is 0 Å². The van der Waals surface area contributed by atoms with Crippen molar-refractivity contribution in [1.82, 2.24) is 0 Å². The van der Waals surface area contributed by atoms with Gasteiger partial charge in [0.2, 0.25) is 0 Å². The third-order valence-electron chi connectivity index (χ3n) is 5.23. The van der Waals surface area contributed by atoms with Gasteiger partial charge >= 0.3 is 5.97 Å². The van der Waals surface area contributed by atoms with Gasteiger partial charge in [0.1, 0.15) is 16.5 Å². The molecule has 0 unspecified atom stereocenters. The molecule has 0 aromatic heterocycles. The summed E-state index contributed by atoms with van der Waals surface area (Å²) < 4.78 is 18.4. The summed E-state index contributed by atoms with van der Waals surface area (Å²) in [6.45, 7) is 3.49. The van der Waals surface area contributed by atoms with E-state index in [4.69, 9.17) is 16.3 Å². The van der Waals surface area contributed by atoms with Crippen LogP contribution >= 0.6 is 11.6 Å². The largest absolute Gasteiger partial charge is 0.459 e. The number of rotatable bonds is 7. The Morgan fingerprint density at radius 3 is 2.22 bits per heavy atom. The van der Waals surface area contributed by atoms with Crippen LogP contribution in [0.1, 0.15) is 34.6 Å². The summed E-state index contributed by atoms with van der Waals surface area (Å²) in [5, 5.41) is 5.22. The lowest BCUT2D eigenvalue weighted by Crippen LogP contribution is -2.32. The molecule has 0 radical (unpaired) electrons. The minimum atomic E-state index is -0.740. The lowest BCUT2D eigenvalue weighted by Gasteiger charge is -2.15. The van der Waals surface area contributed by atoms with Gasteiger partial charge in [0.05, 0.1) is 17.4 Å². The number of hydrogen-bond donors (Lipinski definition) is 2. The average molecular weight is 522 g/mol. The van der Waals surface area contributed by atoms with Gasteiger partial charge in [-0.05, 0) is 80.6 Å². The number of amides is 3. The van der Waals surface area contributed by atoms with Crippen molar-refractivity contribution < 1.29 is 28.3 Å². The summed E-state index contributed by atoms with van der Waals surface area (Å²) in [5.41, 5.74) is 1.48. The highest BCUT2D eigenvalue weighted by Crippen LogP contribution is 2.30. The summed E-state index contributed by atoms with van der Waals surface area (Å²) in [4.78, 5) is 51.0. The lowest BCUT2D eigenvalue weighted by molar-refractivity contribution is -0.120. The van der Waals surface area contributed by atoms with Gasteiger partial charge < -0.3 is 15.4 Å². The molecule has 0 fully saturated rings. The molecule has 3 aromatic rings. The summed E-state index contributed by atoms with van der Waals surface area (Å²) >= 11 is 6.12. The van der Waals surface area contributed by atoms with Crippen LogP contribution in [0, 0.1) is 5.82 Å². The van der Waals surface area contributed by atoms with E-state index in [1.54, 1.807) is 44.2 Å². The highest BCUT2D eigenvalue weighted by atomic mass is 35.5. The van der Waals surface area contributed by atoms with Crippen molar-refractivity contribution >= 4 is 52.4 Å². The van der Waals surface area contributed by atoms with Crippen LogP contribution in [0.25, 0.3) is 0 Å². The highest BCUT2D eigenvalue weighted by Gasteiger charge is 2.39. The van der Waals surface area contributed by atoms with Gasteiger partial charge in [-0.25, -0.2) is 14.1 Å². The maximum absolute atomic E-state index is 13.2. The van der Waals surface area contributed by atoms with Crippen molar-refractivity contribution in [3.63, 3.8) is 0 Å². The molecule has 3 aromatic carbocycles. The smallest absolute Gasteiger partial charge is 0.338 e. The number of carbonyl (C=O) groups is 4. The van der Waals surface area contributed by atoms with Crippen molar-refractivity contribution in [3.8, 4) is 0 Å². The van der Waals surface area contributed by atoms with Crippen molar-refractivity contribution in [2.75, 3.05) is 15.5 Å². The fraction of sp³-hybridized carbons (Fsp3) is 0.111. The standard InChI is InChI=1S/C27H21ClFN3O5/c1-15(2)37-27(36)17-4-3-5-20(14-17)31-24(33)16-6-10-19(11-7-16)30-23-22(28)25(34)32(26(23)35)21-12-8-18(29)9-13-21/h3-15,30H,1-2H3,(H,31,33). The number of carbonyl (C=O) groups excluding carboxylic acids is 4.